The smallest absolute Gasteiger partial charge is 0.257 e. The van der Waals surface area contributed by atoms with Gasteiger partial charge in [0.15, 0.2) is 0 Å². The van der Waals surface area contributed by atoms with Gasteiger partial charge in [0.25, 0.3) is 5.91 Å². The second kappa shape index (κ2) is 6.36. The van der Waals surface area contributed by atoms with Crippen LogP contribution in [-0.2, 0) is 0 Å². The van der Waals surface area contributed by atoms with Gasteiger partial charge in [-0.2, -0.15) is 5.10 Å². The van der Waals surface area contributed by atoms with E-state index in [9.17, 15) is 4.79 Å². The van der Waals surface area contributed by atoms with Gasteiger partial charge in [-0.15, -0.1) is 0 Å². The highest BCUT2D eigenvalue weighted by atomic mass is 16.1. The minimum Gasteiger partial charge on any atom is -0.383 e. The van der Waals surface area contributed by atoms with Crippen molar-refractivity contribution in [2.75, 3.05) is 5.73 Å². The van der Waals surface area contributed by atoms with Gasteiger partial charge in [-0.05, 0) is 24.6 Å². The van der Waals surface area contributed by atoms with Crippen molar-refractivity contribution in [1.29, 1.82) is 0 Å². The Morgan fingerprint density at radius 1 is 1.09 bits per heavy atom. The van der Waals surface area contributed by atoms with Crippen LogP contribution in [0.2, 0.25) is 0 Å². The van der Waals surface area contributed by atoms with E-state index >= 15 is 0 Å². The fourth-order valence-electron chi connectivity index (χ4n) is 2.41. The van der Waals surface area contributed by atoms with Crippen molar-refractivity contribution in [3.05, 3.63) is 78.0 Å². The molecule has 5 heteroatoms. The molecule has 5 nitrogen and oxygen atoms in total. The third kappa shape index (κ3) is 3.08. The van der Waals surface area contributed by atoms with Gasteiger partial charge in [-0.1, -0.05) is 48.5 Å². The molecule has 1 aromatic heterocycles. The van der Waals surface area contributed by atoms with Crippen molar-refractivity contribution in [3.8, 4) is 5.69 Å². The SMILES string of the molecule is CC(NC(=O)c1cnn(-c2ccccc2)c1N)c1ccccc1. The molecule has 3 N–H and O–H groups in total. The number of aromatic nitrogens is 2. The van der Waals surface area contributed by atoms with E-state index in [1.165, 1.54) is 6.20 Å². The number of amides is 1. The van der Waals surface area contributed by atoms with E-state index in [2.05, 4.69) is 10.4 Å². The third-order valence-corrected chi connectivity index (χ3v) is 3.70. The number of anilines is 1. The summed E-state index contributed by atoms with van der Waals surface area (Å²) < 4.78 is 1.56. The average Bonchev–Trinajstić information content (AvgIpc) is 2.98. The number of hydrogen-bond acceptors (Lipinski definition) is 3. The molecule has 3 aromatic rings. The van der Waals surface area contributed by atoms with Gasteiger partial charge >= 0.3 is 0 Å². The Morgan fingerprint density at radius 3 is 2.35 bits per heavy atom. The standard InChI is InChI=1S/C18H18N4O/c1-13(14-8-4-2-5-9-14)21-18(23)16-12-20-22(17(16)19)15-10-6-3-7-11-15/h2-13H,19H2,1H3,(H,21,23). The van der Waals surface area contributed by atoms with Crippen LogP contribution in [0.1, 0.15) is 28.9 Å². The van der Waals surface area contributed by atoms with Crippen molar-refractivity contribution in [2.45, 2.75) is 13.0 Å². The van der Waals surface area contributed by atoms with Crippen molar-refractivity contribution in [2.24, 2.45) is 0 Å². The molecule has 23 heavy (non-hydrogen) atoms. The van der Waals surface area contributed by atoms with Crippen LogP contribution >= 0.6 is 0 Å². The molecule has 0 aliphatic rings. The first-order valence-corrected chi connectivity index (χ1v) is 7.41. The number of hydrogen-bond donors (Lipinski definition) is 2. The topological polar surface area (TPSA) is 72.9 Å². The highest BCUT2D eigenvalue weighted by Gasteiger charge is 2.18. The number of nitrogens with one attached hydrogen (secondary N) is 1. The molecule has 0 radical (unpaired) electrons. The first-order chi connectivity index (χ1) is 11.2. The summed E-state index contributed by atoms with van der Waals surface area (Å²) in [6, 6.07) is 19.2. The van der Waals surface area contributed by atoms with E-state index in [1.54, 1.807) is 4.68 Å². The summed E-state index contributed by atoms with van der Waals surface area (Å²) in [5.41, 5.74) is 8.32. The van der Waals surface area contributed by atoms with Gasteiger partial charge in [-0.25, -0.2) is 4.68 Å². The molecule has 0 aliphatic heterocycles. The van der Waals surface area contributed by atoms with E-state index in [-0.39, 0.29) is 11.9 Å². The summed E-state index contributed by atoms with van der Waals surface area (Å²) in [4.78, 5) is 12.4. The quantitative estimate of drug-likeness (QED) is 0.778. The van der Waals surface area contributed by atoms with Crippen LogP contribution in [0.15, 0.2) is 66.9 Å². The zero-order valence-corrected chi connectivity index (χ0v) is 12.8. The number of rotatable bonds is 4. The number of carbonyl (C=O) groups is 1. The molecule has 1 unspecified atom stereocenters. The number of nitrogens with two attached hydrogens (primary N) is 1. The number of nitrogens with zero attached hydrogens (tertiary/aromatic N) is 2. The van der Waals surface area contributed by atoms with Crippen LogP contribution in [0.25, 0.3) is 5.69 Å². The van der Waals surface area contributed by atoms with Crippen molar-refractivity contribution in [3.63, 3.8) is 0 Å². The van der Waals surface area contributed by atoms with Crippen LogP contribution in [0, 0.1) is 0 Å². The van der Waals surface area contributed by atoms with Crippen LogP contribution in [0.4, 0.5) is 5.82 Å². The molecular weight excluding hydrogens is 288 g/mol. The molecule has 0 bridgehead atoms. The monoisotopic (exact) mass is 306 g/mol. The lowest BCUT2D eigenvalue weighted by Gasteiger charge is -2.14. The normalized spacial score (nSPS) is 11.9. The summed E-state index contributed by atoms with van der Waals surface area (Å²) >= 11 is 0. The zero-order chi connectivity index (χ0) is 16.2. The number of nitrogen functional groups attached to an aromatic ring is 1. The molecule has 0 saturated heterocycles. The first kappa shape index (κ1) is 14.8. The molecule has 3 rings (SSSR count). The largest absolute Gasteiger partial charge is 0.383 e. The van der Waals surface area contributed by atoms with Gasteiger partial charge in [0.1, 0.15) is 11.4 Å². The van der Waals surface area contributed by atoms with E-state index in [1.807, 2.05) is 67.6 Å². The van der Waals surface area contributed by atoms with Gasteiger partial charge in [-0.3, -0.25) is 4.79 Å². The van der Waals surface area contributed by atoms with E-state index in [0.717, 1.165) is 11.3 Å². The Kier molecular flexibility index (Phi) is 4.10. The molecule has 116 valence electrons. The summed E-state index contributed by atoms with van der Waals surface area (Å²) in [6.07, 6.45) is 1.50. The van der Waals surface area contributed by atoms with Crippen molar-refractivity contribution >= 4 is 11.7 Å². The Bertz CT molecular complexity index is 796. The van der Waals surface area contributed by atoms with Gasteiger partial charge in [0.2, 0.25) is 0 Å². The summed E-state index contributed by atoms with van der Waals surface area (Å²) in [6.45, 7) is 1.94. The third-order valence-electron chi connectivity index (χ3n) is 3.70. The maximum atomic E-state index is 12.4. The fourth-order valence-corrected chi connectivity index (χ4v) is 2.41. The minimum absolute atomic E-state index is 0.108. The van der Waals surface area contributed by atoms with Gasteiger partial charge in [0, 0.05) is 0 Å². The highest BCUT2D eigenvalue weighted by molar-refractivity contribution is 5.98. The maximum Gasteiger partial charge on any atom is 0.257 e. The number of carbonyl (C=O) groups excluding carboxylic acids is 1. The summed E-state index contributed by atoms with van der Waals surface area (Å²) in [5.74, 6) is 0.0926. The molecule has 1 atom stereocenters. The Balaban J connectivity index is 1.80. The molecule has 2 aromatic carbocycles. The predicted octanol–water partition coefficient (Wildman–Crippen LogP) is 2.95. The molecule has 1 heterocycles. The van der Waals surface area contributed by atoms with Crippen LogP contribution in [0.5, 0.6) is 0 Å². The maximum absolute atomic E-state index is 12.4. The van der Waals surface area contributed by atoms with Gasteiger partial charge < -0.3 is 11.1 Å². The average molecular weight is 306 g/mol. The molecule has 0 aliphatic carbocycles. The second-order valence-electron chi connectivity index (χ2n) is 5.30. The van der Waals surface area contributed by atoms with Crippen molar-refractivity contribution in [1.82, 2.24) is 15.1 Å². The van der Waals surface area contributed by atoms with Crippen molar-refractivity contribution < 1.29 is 4.79 Å². The lowest BCUT2D eigenvalue weighted by atomic mass is 10.1. The molecule has 0 spiro atoms. The Morgan fingerprint density at radius 2 is 1.70 bits per heavy atom. The zero-order valence-electron chi connectivity index (χ0n) is 12.8. The van der Waals surface area contributed by atoms with Gasteiger partial charge in [0.05, 0.1) is 17.9 Å². The molecule has 0 fully saturated rings. The van der Waals surface area contributed by atoms with E-state index in [0.29, 0.717) is 11.4 Å². The highest BCUT2D eigenvalue weighted by Crippen LogP contribution is 2.18. The Hall–Kier alpha value is -3.08. The van der Waals surface area contributed by atoms with E-state index in [4.69, 9.17) is 5.73 Å². The summed E-state index contributed by atoms with van der Waals surface area (Å²) in [5, 5.41) is 7.16. The Labute approximate surface area is 134 Å². The fraction of sp³-hybridized carbons (Fsp3) is 0.111. The number of para-hydroxylation sites is 1. The first-order valence-electron chi connectivity index (χ1n) is 7.41. The van der Waals surface area contributed by atoms with Crippen LogP contribution < -0.4 is 11.1 Å². The predicted molar refractivity (Wildman–Crippen MR) is 90.3 cm³/mol. The van der Waals surface area contributed by atoms with Crippen LogP contribution in [-0.4, -0.2) is 15.7 Å². The summed E-state index contributed by atoms with van der Waals surface area (Å²) in [7, 11) is 0. The van der Waals surface area contributed by atoms with Crippen LogP contribution in [0.3, 0.4) is 0 Å². The minimum atomic E-state index is -0.235. The lowest BCUT2D eigenvalue weighted by molar-refractivity contribution is 0.0941. The number of benzene rings is 2. The van der Waals surface area contributed by atoms with E-state index < -0.39 is 0 Å². The lowest BCUT2D eigenvalue weighted by Crippen LogP contribution is -2.27. The molecular formula is C18H18N4O. The molecule has 1 amide bonds. The second-order valence-corrected chi connectivity index (χ2v) is 5.30. The molecule has 0 saturated carbocycles.